The lowest BCUT2D eigenvalue weighted by molar-refractivity contribution is 0.367. The van der Waals surface area contributed by atoms with Gasteiger partial charge in [0.15, 0.2) is 0 Å². The highest BCUT2D eigenvalue weighted by atomic mass is 32.2. The van der Waals surface area contributed by atoms with Crippen LogP contribution in [-0.2, 0) is 22.9 Å². The molecule has 0 fully saturated rings. The second kappa shape index (κ2) is 7.34. The lowest BCUT2D eigenvalue weighted by Gasteiger charge is -2.18. The summed E-state index contributed by atoms with van der Waals surface area (Å²) in [4.78, 5) is 4.25. The topological polar surface area (TPSA) is 60.9 Å². The SMILES string of the molecule is CN(C)Cc1cc(S(=O)(=O)c2ccccc2)cc(CN(C)C)c1O. The number of phenols is 1. The third kappa shape index (κ3) is 4.14. The van der Waals surface area contributed by atoms with Crippen LogP contribution in [0, 0.1) is 0 Å². The number of phenolic OH excluding ortho intramolecular Hbond substituents is 1. The zero-order chi connectivity index (χ0) is 17.9. The van der Waals surface area contributed by atoms with E-state index in [0.29, 0.717) is 24.2 Å². The molecule has 0 aliphatic heterocycles. The van der Waals surface area contributed by atoms with Crippen LogP contribution in [0.3, 0.4) is 0 Å². The van der Waals surface area contributed by atoms with Crippen LogP contribution < -0.4 is 0 Å². The molecule has 5 nitrogen and oxygen atoms in total. The average Bonchev–Trinajstić information content (AvgIpc) is 2.51. The van der Waals surface area contributed by atoms with Crippen LogP contribution in [0.5, 0.6) is 5.75 Å². The van der Waals surface area contributed by atoms with Gasteiger partial charge < -0.3 is 14.9 Å². The van der Waals surface area contributed by atoms with Crippen LogP contribution in [0.4, 0.5) is 0 Å². The van der Waals surface area contributed by atoms with Crippen molar-refractivity contribution in [3.63, 3.8) is 0 Å². The predicted octanol–water partition coefficient (Wildman–Crippen LogP) is 2.35. The van der Waals surface area contributed by atoms with E-state index in [1.165, 1.54) is 0 Å². The summed E-state index contributed by atoms with van der Waals surface area (Å²) in [5, 5.41) is 10.5. The molecular weight excluding hydrogens is 324 g/mol. The molecule has 2 rings (SSSR count). The molecule has 0 radical (unpaired) electrons. The molecule has 6 heteroatoms. The van der Waals surface area contributed by atoms with Gasteiger partial charge in [-0.2, -0.15) is 0 Å². The Morgan fingerprint density at radius 3 is 1.71 bits per heavy atom. The van der Waals surface area contributed by atoms with Crippen molar-refractivity contribution in [2.24, 2.45) is 0 Å². The maximum Gasteiger partial charge on any atom is 0.206 e. The van der Waals surface area contributed by atoms with E-state index in [4.69, 9.17) is 0 Å². The maximum atomic E-state index is 12.9. The number of nitrogens with zero attached hydrogens (tertiary/aromatic N) is 2. The van der Waals surface area contributed by atoms with Crippen molar-refractivity contribution in [1.82, 2.24) is 9.80 Å². The van der Waals surface area contributed by atoms with E-state index in [2.05, 4.69) is 0 Å². The minimum atomic E-state index is -3.62. The largest absolute Gasteiger partial charge is 0.507 e. The first-order valence-electron chi connectivity index (χ1n) is 7.66. The lowest BCUT2D eigenvalue weighted by Crippen LogP contribution is -2.15. The summed E-state index contributed by atoms with van der Waals surface area (Å²) in [6.45, 7) is 0.925. The highest BCUT2D eigenvalue weighted by Gasteiger charge is 2.21. The smallest absolute Gasteiger partial charge is 0.206 e. The number of hydrogen-bond donors (Lipinski definition) is 1. The standard InChI is InChI=1S/C18H24N2O3S/c1-19(2)12-14-10-17(11-15(18(14)21)13-20(3)4)24(22,23)16-8-6-5-7-9-16/h5-11,21H,12-13H2,1-4H3. The van der Waals surface area contributed by atoms with Gasteiger partial charge in [-0.25, -0.2) is 8.42 Å². The fourth-order valence-corrected chi connectivity index (χ4v) is 3.92. The molecule has 0 aliphatic carbocycles. The summed E-state index contributed by atoms with van der Waals surface area (Å²) in [6.07, 6.45) is 0. The maximum absolute atomic E-state index is 12.9. The summed E-state index contributed by atoms with van der Waals surface area (Å²) in [7, 11) is 3.89. The number of aromatic hydroxyl groups is 1. The number of benzene rings is 2. The molecular formula is C18H24N2O3S. The molecule has 1 N–H and O–H groups in total. The molecule has 24 heavy (non-hydrogen) atoms. The summed E-state index contributed by atoms with van der Waals surface area (Å²) >= 11 is 0. The van der Waals surface area contributed by atoms with Gasteiger partial charge in [0, 0.05) is 24.2 Å². The van der Waals surface area contributed by atoms with Gasteiger partial charge in [-0.05, 0) is 52.5 Å². The first kappa shape index (κ1) is 18.4. The van der Waals surface area contributed by atoms with Crippen LogP contribution in [0.25, 0.3) is 0 Å². The Morgan fingerprint density at radius 2 is 1.29 bits per heavy atom. The molecule has 0 aromatic heterocycles. The van der Waals surface area contributed by atoms with Crippen molar-refractivity contribution in [3.05, 3.63) is 53.6 Å². The second-order valence-electron chi connectivity index (χ2n) is 6.38. The molecule has 0 spiro atoms. The van der Waals surface area contributed by atoms with Crippen molar-refractivity contribution in [2.45, 2.75) is 22.9 Å². The Kier molecular flexibility index (Phi) is 5.64. The molecule has 0 amide bonds. The van der Waals surface area contributed by atoms with Crippen LogP contribution in [0.15, 0.2) is 52.3 Å². The molecule has 0 aliphatic rings. The predicted molar refractivity (Wildman–Crippen MR) is 94.8 cm³/mol. The van der Waals surface area contributed by atoms with Gasteiger partial charge in [0.2, 0.25) is 9.84 Å². The zero-order valence-corrected chi connectivity index (χ0v) is 15.3. The van der Waals surface area contributed by atoms with Gasteiger partial charge in [-0.3, -0.25) is 0 Å². The van der Waals surface area contributed by atoms with Gasteiger partial charge in [0.25, 0.3) is 0 Å². The summed E-state index contributed by atoms with van der Waals surface area (Å²) in [5.74, 6) is 0.157. The zero-order valence-electron chi connectivity index (χ0n) is 14.5. The van der Waals surface area contributed by atoms with Crippen LogP contribution in [-0.4, -0.2) is 51.5 Å². The molecule has 0 bridgehead atoms. The fraction of sp³-hybridized carbons (Fsp3) is 0.333. The first-order chi connectivity index (χ1) is 11.2. The molecule has 0 saturated heterocycles. The summed E-state index contributed by atoms with van der Waals surface area (Å²) in [5.41, 5.74) is 1.21. The fourth-order valence-electron chi connectivity index (χ4n) is 2.54. The Morgan fingerprint density at radius 1 is 0.833 bits per heavy atom. The van der Waals surface area contributed by atoms with Crippen molar-refractivity contribution in [3.8, 4) is 5.75 Å². The Bertz CT molecular complexity index is 769. The molecule has 0 atom stereocenters. The van der Waals surface area contributed by atoms with E-state index in [0.717, 1.165) is 0 Å². The van der Waals surface area contributed by atoms with Crippen LogP contribution in [0.1, 0.15) is 11.1 Å². The Labute approximate surface area is 144 Å². The third-order valence-electron chi connectivity index (χ3n) is 3.58. The van der Waals surface area contributed by atoms with Crippen molar-refractivity contribution in [1.29, 1.82) is 0 Å². The van der Waals surface area contributed by atoms with Crippen molar-refractivity contribution >= 4 is 9.84 Å². The highest BCUT2D eigenvalue weighted by molar-refractivity contribution is 7.91. The molecule has 0 unspecified atom stereocenters. The number of sulfone groups is 1. The average molecular weight is 348 g/mol. The molecule has 2 aromatic carbocycles. The Hall–Kier alpha value is -1.89. The minimum Gasteiger partial charge on any atom is -0.507 e. The number of hydrogen-bond acceptors (Lipinski definition) is 5. The van der Waals surface area contributed by atoms with E-state index in [-0.39, 0.29) is 15.5 Å². The normalized spacial score (nSPS) is 12.1. The molecule has 0 heterocycles. The van der Waals surface area contributed by atoms with Crippen molar-refractivity contribution in [2.75, 3.05) is 28.2 Å². The van der Waals surface area contributed by atoms with E-state index in [9.17, 15) is 13.5 Å². The second-order valence-corrected chi connectivity index (χ2v) is 8.33. The van der Waals surface area contributed by atoms with Gasteiger partial charge in [0.05, 0.1) is 9.79 Å². The molecule has 0 saturated carbocycles. The molecule has 2 aromatic rings. The van der Waals surface area contributed by atoms with E-state index in [1.807, 2.05) is 38.0 Å². The van der Waals surface area contributed by atoms with E-state index < -0.39 is 9.84 Å². The third-order valence-corrected chi connectivity index (χ3v) is 5.33. The monoisotopic (exact) mass is 348 g/mol. The molecule has 130 valence electrons. The van der Waals surface area contributed by atoms with E-state index in [1.54, 1.807) is 42.5 Å². The van der Waals surface area contributed by atoms with E-state index >= 15 is 0 Å². The van der Waals surface area contributed by atoms with Gasteiger partial charge in [-0.1, -0.05) is 18.2 Å². The lowest BCUT2D eigenvalue weighted by atomic mass is 10.1. The van der Waals surface area contributed by atoms with Crippen molar-refractivity contribution < 1.29 is 13.5 Å². The highest BCUT2D eigenvalue weighted by Crippen LogP contribution is 2.31. The minimum absolute atomic E-state index is 0.157. The Balaban J connectivity index is 2.61. The number of rotatable bonds is 6. The summed E-state index contributed by atoms with van der Waals surface area (Å²) < 4.78 is 25.8. The van der Waals surface area contributed by atoms with Gasteiger partial charge in [0.1, 0.15) is 5.75 Å². The van der Waals surface area contributed by atoms with Gasteiger partial charge in [-0.15, -0.1) is 0 Å². The quantitative estimate of drug-likeness (QED) is 0.868. The van der Waals surface area contributed by atoms with Crippen LogP contribution in [0.2, 0.25) is 0 Å². The van der Waals surface area contributed by atoms with Crippen LogP contribution >= 0.6 is 0 Å². The van der Waals surface area contributed by atoms with Gasteiger partial charge >= 0.3 is 0 Å². The first-order valence-corrected chi connectivity index (χ1v) is 9.14. The summed E-state index contributed by atoms with van der Waals surface area (Å²) in [6, 6.07) is 11.5.